The first kappa shape index (κ1) is 51.3. The first-order valence-corrected chi connectivity index (χ1v) is 28.7. The largest absolute Gasteiger partial charge is 0.494 e. The van der Waals surface area contributed by atoms with Gasteiger partial charge in [-0.3, -0.25) is 0 Å². The predicted octanol–water partition coefficient (Wildman–Crippen LogP) is 18.3. The fourth-order valence-electron chi connectivity index (χ4n) is 11.5. The van der Waals surface area contributed by atoms with Gasteiger partial charge < -0.3 is 27.0 Å². The summed E-state index contributed by atoms with van der Waals surface area (Å²) < 4.78 is 37.9. The van der Waals surface area contributed by atoms with Crippen molar-refractivity contribution in [3.8, 4) is 68.3 Å². The van der Waals surface area contributed by atoms with Gasteiger partial charge >= 0.3 is 7.12 Å². The summed E-state index contributed by atoms with van der Waals surface area (Å²) in [6.45, 7) is 8.25. The van der Waals surface area contributed by atoms with Crippen LogP contribution in [-0.2, 0) is 9.31 Å². The maximum atomic E-state index is 6.52. The van der Waals surface area contributed by atoms with Crippen LogP contribution in [0.25, 0.3) is 156 Å². The molecule has 1 fully saturated rings. The monoisotopic (exact) mass is 1140 g/mol. The Balaban J connectivity index is 0.000000142. The predicted molar refractivity (Wildman–Crippen MR) is 342 cm³/mol. The second-order valence-corrected chi connectivity index (χ2v) is 23.0. The number of hydrogen-bond donors (Lipinski definition) is 0. The number of rotatable bonds is 7. The zero-order chi connectivity index (χ0) is 57.8. The molecule has 10 aromatic carbocycles. The lowest BCUT2D eigenvalue weighted by atomic mass is 9.78. The van der Waals surface area contributed by atoms with Crippen molar-refractivity contribution < 1.29 is 27.0 Å². The molecular weight excluding hydrogens is 1090 g/mol. The molecule has 0 atom stereocenters. The van der Waals surface area contributed by atoms with E-state index in [1.165, 1.54) is 0 Å². The highest BCUT2D eigenvalue weighted by molar-refractivity contribution is 6.62. The van der Waals surface area contributed by atoms with Crippen LogP contribution in [0.15, 0.2) is 236 Å². The Labute approximate surface area is 496 Å². The minimum Gasteiger partial charge on any atom is -0.456 e. The quantitative estimate of drug-likeness (QED) is 0.140. The van der Waals surface area contributed by atoms with Gasteiger partial charge in [0.2, 0.25) is 0 Å². The highest BCUT2D eigenvalue weighted by Gasteiger charge is 2.51. The SMILES string of the molecule is CC1(C)OB(c2ccc3oc4c(-c5nc(-c6ccccc6)nc(-c6ccc7c(c6)oc6ccccc67)n5)cccc4c3c2)OC1(C)C.Clc1ccc2oc3c(-c4nc(-c5ccccc5)nc(-c5ccc6c(c5)oc5ccccc56)n4)cccc3c2c1. The third kappa shape index (κ3) is 8.77. The fraction of sp³-hybridized carbons (Fsp3) is 0.0833. The molecule has 0 radical (unpaired) electrons. The lowest BCUT2D eigenvalue weighted by Gasteiger charge is -2.32. The summed E-state index contributed by atoms with van der Waals surface area (Å²) >= 11 is 6.29. The molecule has 1 saturated heterocycles. The lowest BCUT2D eigenvalue weighted by molar-refractivity contribution is 0.00578. The number of hydrogen-bond acceptors (Lipinski definition) is 12. The Morgan fingerprint density at radius 3 is 1.20 bits per heavy atom. The number of halogens is 1. The van der Waals surface area contributed by atoms with Crippen LogP contribution in [0.4, 0.5) is 0 Å². The molecule has 0 spiro atoms. The maximum Gasteiger partial charge on any atom is 0.494 e. The Kier molecular flexibility index (Phi) is 11.9. The smallest absolute Gasteiger partial charge is 0.456 e. The van der Waals surface area contributed by atoms with Crippen molar-refractivity contribution in [1.82, 2.24) is 29.9 Å². The van der Waals surface area contributed by atoms with Gasteiger partial charge in [0.15, 0.2) is 34.9 Å². The summed E-state index contributed by atoms with van der Waals surface area (Å²) in [7, 11) is -0.471. The van der Waals surface area contributed by atoms with E-state index in [0.717, 1.165) is 115 Å². The molecule has 0 bridgehead atoms. The van der Waals surface area contributed by atoms with Gasteiger partial charge in [-0.05, 0) is 106 Å². The van der Waals surface area contributed by atoms with Gasteiger partial charge in [0.25, 0.3) is 0 Å². The molecule has 17 rings (SSSR count). The molecule has 6 aromatic heterocycles. The van der Waals surface area contributed by atoms with Gasteiger partial charge in [-0.1, -0.05) is 157 Å². The van der Waals surface area contributed by atoms with Crippen LogP contribution in [0, 0.1) is 0 Å². The average molecular weight is 1140 g/mol. The van der Waals surface area contributed by atoms with Gasteiger partial charge in [0, 0.05) is 70.4 Å². The Morgan fingerprint density at radius 1 is 0.302 bits per heavy atom. The summed E-state index contributed by atoms with van der Waals surface area (Å²) in [5.41, 5.74) is 11.3. The molecule has 7 heterocycles. The summed E-state index contributed by atoms with van der Waals surface area (Å²) in [6, 6.07) is 71.9. The first-order chi connectivity index (χ1) is 41.9. The standard InChI is InChI=1S/C39H30BN3O4.C33H18ClN3O2/c1-38(2)39(3,4)47-40(46-38)25-18-20-32-30(22-25)28-14-10-15-29(34(28)45-32)37-42-35(23-11-6-5-7-12-23)41-36(43-37)24-17-19-27-26-13-8-9-16-31(26)44-33(27)21-24;34-21-14-16-28-26(18-21)24-10-6-11-25(30(24)39-28)33-36-31(19-7-2-1-3-8-19)35-32(37-33)20-13-15-23-22-9-4-5-12-27(22)38-29(23)17-20/h5-22H,1-4H3;1-18H. The van der Waals surface area contributed by atoms with E-state index < -0.39 is 18.3 Å². The number of furan rings is 4. The molecule has 0 N–H and O–H groups in total. The summed E-state index contributed by atoms with van der Waals surface area (Å²) in [6.07, 6.45) is 0. The molecule has 1 aliphatic rings. The highest BCUT2D eigenvalue weighted by Crippen LogP contribution is 2.41. The minimum absolute atomic E-state index is 0.431. The van der Waals surface area contributed by atoms with Gasteiger partial charge in [-0.25, -0.2) is 29.9 Å². The normalized spacial score (nSPS) is 13.9. The molecule has 0 saturated carbocycles. The van der Waals surface area contributed by atoms with E-state index in [9.17, 15) is 0 Å². The highest BCUT2D eigenvalue weighted by atomic mass is 35.5. The van der Waals surface area contributed by atoms with Crippen LogP contribution in [0.2, 0.25) is 5.02 Å². The molecule has 1 aliphatic heterocycles. The van der Waals surface area contributed by atoms with Crippen LogP contribution in [0.1, 0.15) is 27.7 Å². The molecule has 14 heteroatoms. The van der Waals surface area contributed by atoms with Crippen LogP contribution in [0.5, 0.6) is 0 Å². The summed E-state index contributed by atoms with van der Waals surface area (Å²) in [5, 5.41) is 8.76. The Morgan fingerprint density at radius 2 is 0.698 bits per heavy atom. The van der Waals surface area contributed by atoms with Crippen molar-refractivity contribution in [2.75, 3.05) is 0 Å². The van der Waals surface area contributed by atoms with Crippen molar-refractivity contribution in [2.24, 2.45) is 0 Å². The van der Waals surface area contributed by atoms with Gasteiger partial charge in [0.1, 0.15) is 44.7 Å². The Hall–Kier alpha value is -10.3. The molecule has 0 aliphatic carbocycles. The van der Waals surface area contributed by atoms with Crippen LogP contribution in [0.3, 0.4) is 0 Å². The van der Waals surface area contributed by atoms with Gasteiger partial charge in [0.05, 0.1) is 22.3 Å². The number of para-hydroxylation sites is 4. The Bertz CT molecular complexity index is 5350. The van der Waals surface area contributed by atoms with Crippen LogP contribution < -0.4 is 5.46 Å². The molecule has 86 heavy (non-hydrogen) atoms. The molecule has 412 valence electrons. The number of nitrogens with zero attached hydrogens (tertiary/aromatic N) is 6. The van der Waals surface area contributed by atoms with Crippen LogP contribution >= 0.6 is 11.6 Å². The van der Waals surface area contributed by atoms with Crippen molar-refractivity contribution in [2.45, 2.75) is 38.9 Å². The summed E-state index contributed by atoms with van der Waals surface area (Å²) in [4.78, 5) is 29.7. The summed E-state index contributed by atoms with van der Waals surface area (Å²) in [5.74, 6) is 3.31. The fourth-order valence-corrected chi connectivity index (χ4v) is 11.7. The maximum absolute atomic E-state index is 6.52. The molecule has 0 unspecified atom stereocenters. The first-order valence-electron chi connectivity index (χ1n) is 28.3. The number of benzene rings is 10. The molecule has 12 nitrogen and oxygen atoms in total. The molecule has 0 amide bonds. The van der Waals surface area contributed by atoms with E-state index in [2.05, 4.69) is 64.1 Å². The minimum atomic E-state index is -0.471. The van der Waals surface area contributed by atoms with E-state index in [4.69, 9.17) is 68.5 Å². The zero-order valence-corrected chi connectivity index (χ0v) is 47.6. The van der Waals surface area contributed by atoms with E-state index in [1.807, 2.05) is 182 Å². The molecular formula is C72H48BClN6O6. The van der Waals surface area contributed by atoms with E-state index >= 15 is 0 Å². The van der Waals surface area contributed by atoms with E-state index in [1.54, 1.807) is 0 Å². The lowest BCUT2D eigenvalue weighted by Crippen LogP contribution is -2.41. The third-order valence-electron chi connectivity index (χ3n) is 16.6. The topological polar surface area (TPSA) is 148 Å². The van der Waals surface area contributed by atoms with Gasteiger partial charge in [-0.15, -0.1) is 0 Å². The van der Waals surface area contributed by atoms with Crippen molar-refractivity contribution in [3.05, 3.63) is 223 Å². The average Bonchev–Trinajstić information content (AvgIpc) is 1.99. The van der Waals surface area contributed by atoms with Gasteiger partial charge in [-0.2, -0.15) is 0 Å². The number of fused-ring (bicyclic) bond motifs is 12. The van der Waals surface area contributed by atoms with E-state index in [-0.39, 0.29) is 0 Å². The number of aromatic nitrogens is 6. The van der Waals surface area contributed by atoms with Crippen molar-refractivity contribution >= 4 is 112 Å². The second-order valence-electron chi connectivity index (χ2n) is 22.5. The zero-order valence-electron chi connectivity index (χ0n) is 46.9. The van der Waals surface area contributed by atoms with Crippen LogP contribution in [-0.4, -0.2) is 48.2 Å². The second kappa shape index (κ2) is 19.9. The third-order valence-corrected chi connectivity index (χ3v) is 16.8. The molecule has 16 aromatic rings. The van der Waals surface area contributed by atoms with Crippen molar-refractivity contribution in [3.63, 3.8) is 0 Å². The van der Waals surface area contributed by atoms with E-state index in [0.29, 0.717) is 51.1 Å². The van der Waals surface area contributed by atoms with Crippen molar-refractivity contribution in [1.29, 1.82) is 0 Å².